The quantitative estimate of drug-likeness (QED) is 0.616. The van der Waals surface area contributed by atoms with Crippen molar-refractivity contribution in [3.05, 3.63) is 64.6 Å². The molecule has 0 fully saturated rings. The fourth-order valence-corrected chi connectivity index (χ4v) is 4.50. The number of hydrogen-bond donors (Lipinski definition) is 1. The number of pyridine rings is 1. The molecule has 0 saturated heterocycles. The van der Waals surface area contributed by atoms with Gasteiger partial charge in [0, 0.05) is 16.5 Å². The molecule has 0 spiro atoms. The van der Waals surface area contributed by atoms with Crippen LogP contribution in [0.25, 0.3) is 22.1 Å². The van der Waals surface area contributed by atoms with E-state index in [1.165, 1.54) is 16.3 Å². The third-order valence-electron chi connectivity index (χ3n) is 4.95. The lowest BCUT2D eigenvalue weighted by Crippen LogP contribution is -2.28. The Morgan fingerprint density at radius 1 is 1.08 bits per heavy atom. The number of aryl methyl sites for hydroxylation is 2. The zero-order valence-corrected chi connectivity index (χ0v) is 16.5. The van der Waals surface area contributed by atoms with E-state index in [9.17, 15) is 0 Å². The minimum atomic E-state index is -1.29. The van der Waals surface area contributed by atoms with Crippen molar-refractivity contribution in [1.29, 1.82) is 0 Å². The topological polar surface area (TPSA) is 38.1 Å². The Labute approximate surface area is 149 Å². The first-order valence-electron chi connectivity index (χ1n) is 8.78. The Balaban J connectivity index is 1.78. The Kier molecular flexibility index (Phi) is 3.62. The highest BCUT2D eigenvalue weighted by Gasteiger charge is 2.22. The molecule has 0 saturated carbocycles. The van der Waals surface area contributed by atoms with Crippen LogP contribution in [0, 0.1) is 13.8 Å². The summed E-state index contributed by atoms with van der Waals surface area (Å²) in [5, 5.41) is 7.26. The van der Waals surface area contributed by atoms with Gasteiger partial charge in [-0.2, -0.15) is 0 Å². The molecule has 2 aromatic heterocycles. The van der Waals surface area contributed by atoms with Crippen LogP contribution in [0.1, 0.15) is 22.9 Å². The first-order valence-corrected chi connectivity index (χ1v) is 12.3. The molecule has 4 heteroatoms. The first kappa shape index (κ1) is 16.2. The number of hydrogen-bond acceptors (Lipinski definition) is 3. The van der Waals surface area contributed by atoms with Gasteiger partial charge in [-0.05, 0) is 60.6 Å². The first-order chi connectivity index (χ1) is 11.8. The molecule has 0 radical (unpaired) electrons. The van der Waals surface area contributed by atoms with Gasteiger partial charge >= 0.3 is 0 Å². The van der Waals surface area contributed by atoms with Gasteiger partial charge in [-0.1, -0.05) is 31.8 Å². The summed E-state index contributed by atoms with van der Waals surface area (Å²) in [4.78, 5) is 4.52. The van der Waals surface area contributed by atoms with E-state index in [2.05, 4.69) is 73.4 Å². The molecule has 25 heavy (non-hydrogen) atoms. The second-order valence-corrected chi connectivity index (χ2v) is 13.0. The normalized spacial score (nSPS) is 17.8. The number of benzene rings is 1. The summed E-state index contributed by atoms with van der Waals surface area (Å²) < 4.78 is 5.96. The molecule has 1 aliphatic heterocycles. The van der Waals surface area contributed by atoms with Crippen molar-refractivity contribution in [2.24, 2.45) is 0 Å². The smallest absolute Gasteiger partial charge is 0.227 e. The van der Waals surface area contributed by atoms with Crippen LogP contribution in [0.5, 0.6) is 0 Å². The molecule has 1 unspecified atom stereocenters. The second-order valence-electron chi connectivity index (χ2n) is 7.97. The Hall–Kier alpha value is -2.33. The van der Waals surface area contributed by atoms with Gasteiger partial charge in [0.05, 0.1) is 14.1 Å². The van der Waals surface area contributed by atoms with Gasteiger partial charge in [-0.25, -0.2) is 4.98 Å². The summed E-state index contributed by atoms with van der Waals surface area (Å²) in [6, 6.07) is 8.74. The van der Waals surface area contributed by atoms with Crippen molar-refractivity contribution in [2.45, 2.75) is 39.5 Å². The van der Waals surface area contributed by atoms with Gasteiger partial charge in [0.15, 0.2) is 0 Å². The summed E-state index contributed by atoms with van der Waals surface area (Å²) in [6.07, 6.45) is 6.79. The minimum absolute atomic E-state index is 0.202. The third kappa shape index (κ3) is 2.80. The summed E-state index contributed by atoms with van der Waals surface area (Å²) in [6.45, 7) is 11.2. The number of nitrogens with one attached hydrogen (secondary N) is 1. The van der Waals surface area contributed by atoms with Crippen LogP contribution >= 0.6 is 0 Å². The standard InChI is InChI=1S/C21H24N2OSi/c1-13-10-20-18(16-8-6-14(2)23-21(16)24-20)11-17(13)19-9-7-15(12-22-19)25(3,4)5/h6-12,19,22H,1-5H3. The average molecular weight is 349 g/mol. The van der Waals surface area contributed by atoms with Gasteiger partial charge in [0.25, 0.3) is 0 Å². The maximum Gasteiger partial charge on any atom is 0.227 e. The number of fused-ring (bicyclic) bond motifs is 3. The summed E-state index contributed by atoms with van der Waals surface area (Å²) >= 11 is 0. The lowest BCUT2D eigenvalue weighted by atomic mass is 9.97. The van der Waals surface area contributed by atoms with Crippen molar-refractivity contribution in [3.63, 3.8) is 0 Å². The predicted molar refractivity (Wildman–Crippen MR) is 107 cm³/mol. The molecule has 1 N–H and O–H groups in total. The maximum atomic E-state index is 5.96. The van der Waals surface area contributed by atoms with Gasteiger partial charge in [-0.15, -0.1) is 0 Å². The lowest BCUT2D eigenvalue weighted by Gasteiger charge is -2.26. The molecule has 1 aromatic carbocycles. The van der Waals surface area contributed by atoms with Crippen molar-refractivity contribution < 1.29 is 4.42 Å². The highest BCUT2D eigenvalue weighted by atomic mass is 28.3. The van der Waals surface area contributed by atoms with Crippen molar-refractivity contribution in [2.75, 3.05) is 0 Å². The lowest BCUT2D eigenvalue weighted by molar-refractivity contribution is 0.651. The van der Waals surface area contributed by atoms with Gasteiger partial charge in [-0.3, -0.25) is 0 Å². The number of allylic oxidation sites excluding steroid dienone is 2. The number of dihydropyridines is 1. The predicted octanol–water partition coefficient (Wildman–Crippen LogP) is 5.56. The molecule has 0 bridgehead atoms. The molecule has 0 amide bonds. The Morgan fingerprint density at radius 3 is 2.56 bits per heavy atom. The van der Waals surface area contributed by atoms with Gasteiger partial charge in [0.1, 0.15) is 5.58 Å². The largest absolute Gasteiger partial charge is 0.438 e. The molecular weight excluding hydrogens is 324 g/mol. The molecule has 1 atom stereocenters. The molecule has 128 valence electrons. The van der Waals surface area contributed by atoms with E-state index >= 15 is 0 Å². The van der Waals surface area contributed by atoms with Crippen LogP contribution in [0.4, 0.5) is 0 Å². The molecule has 4 rings (SSSR count). The van der Waals surface area contributed by atoms with Crippen molar-refractivity contribution in [3.8, 4) is 0 Å². The number of nitrogens with zero attached hydrogens (tertiary/aromatic N) is 1. The molecule has 1 aliphatic rings. The maximum absolute atomic E-state index is 5.96. The van der Waals surface area contributed by atoms with E-state index in [0.717, 1.165) is 27.8 Å². The van der Waals surface area contributed by atoms with E-state index in [0.29, 0.717) is 0 Å². The van der Waals surface area contributed by atoms with Crippen molar-refractivity contribution >= 4 is 30.1 Å². The van der Waals surface area contributed by atoms with Crippen LogP contribution in [-0.2, 0) is 0 Å². The van der Waals surface area contributed by atoms with E-state index in [1.807, 2.05) is 13.0 Å². The fourth-order valence-electron chi connectivity index (χ4n) is 3.39. The van der Waals surface area contributed by atoms with Crippen molar-refractivity contribution in [1.82, 2.24) is 10.3 Å². The molecule has 3 aromatic rings. The Bertz CT molecular complexity index is 1040. The average Bonchev–Trinajstić information content (AvgIpc) is 2.89. The monoisotopic (exact) mass is 348 g/mol. The van der Waals surface area contributed by atoms with E-state index in [-0.39, 0.29) is 6.04 Å². The van der Waals surface area contributed by atoms with E-state index in [1.54, 1.807) is 0 Å². The van der Waals surface area contributed by atoms with Crippen LogP contribution in [-0.4, -0.2) is 13.1 Å². The van der Waals surface area contributed by atoms with Gasteiger partial charge < -0.3 is 9.73 Å². The van der Waals surface area contributed by atoms with Crippen LogP contribution in [0.3, 0.4) is 0 Å². The van der Waals surface area contributed by atoms with E-state index in [4.69, 9.17) is 4.42 Å². The van der Waals surface area contributed by atoms with Crippen LogP contribution in [0.2, 0.25) is 19.6 Å². The third-order valence-corrected chi connectivity index (χ3v) is 7.00. The SMILES string of the molecule is Cc1ccc2c(n1)oc1cc(C)c(C3C=CC([Si](C)(C)C)=CN3)cc12. The minimum Gasteiger partial charge on any atom is -0.438 e. The highest BCUT2D eigenvalue weighted by Crippen LogP contribution is 2.33. The molecule has 3 nitrogen and oxygen atoms in total. The molecule has 3 heterocycles. The molecular formula is C21H24N2OSi. The number of rotatable bonds is 2. The number of aromatic nitrogens is 1. The second kappa shape index (κ2) is 5.60. The zero-order valence-electron chi connectivity index (χ0n) is 15.5. The highest BCUT2D eigenvalue weighted by molar-refractivity contribution is 6.83. The van der Waals surface area contributed by atoms with Crippen LogP contribution < -0.4 is 5.32 Å². The summed E-state index contributed by atoms with van der Waals surface area (Å²) in [5.74, 6) is 0. The number of furan rings is 1. The fraction of sp³-hybridized carbons (Fsp3) is 0.286. The summed E-state index contributed by atoms with van der Waals surface area (Å²) in [7, 11) is -1.29. The van der Waals surface area contributed by atoms with Gasteiger partial charge in [0.2, 0.25) is 5.71 Å². The zero-order chi connectivity index (χ0) is 17.8. The summed E-state index contributed by atoms with van der Waals surface area (Å²) in [5.41, 5.74) is 5.13. The molecule has 0 aliphatic carbocycles. The van der Waals surface area contributed by atoms with E-state index < -0.39 is 8.07 Å². The Morgan fingerprint density at radius 2 is 1.88 bits per heavy atom. The van der Waals surface area contributed by atoms with Crippen LogP contribution in [0.15, 0.2) is 52.2 Å².